The minimum atomic E-state index is 0.0185. The Morgan fingerprint density at radius 1 is 1.09 bits per heavy atom. The van der Waals surface area contributed by atoms with Crippen molar-refractivity contribution in [2.45, 2.75) is 51.1 Å². The summed E-state index contributed by atoms with van der Waals surface area (Å²) in [4.78, 5) is 15.7. The molecule has 3 heterocycles. The molecule has 4 aromatic rings. The van der Waals surface area contributed by atoms with Gasteiger partial charge in [-0.1, -0.05) is 36.4 Å². The summed E-state index contributed by atoms with van der Waals surface area (Å²) < 4.78 is 6.32. The fourth-order valence-corrected chi connectivity index (χ4v) is 5.48. The fraction of sp³-hybridized carbons (Fsp3) is 0.333. The first-order valence-corrected chi connectivity index (χ1v) is 11.8. The van der Waals surface area contributed by atoms with Crippen molar-refractivity contribution in [2.24, 2.45) is 5.73 Å². The second-order valence-corrected chi connectivity index (χ2v) is 9.07. The third kappa shape index (κ3) is 3.84. The topological polar surface area (TPSA) is 80.1 Å². The van der Waals surface area contributed by atoms with E-state index in [-0.39, 0.29) is 12.1 Å². The molecule has 0 saturated heterocycles. The van der Waals surface area contributed by atoms with E-state index in [2.05, 4.69) is 52.3 Å². The van der Waals surface area contributed by atoms with Gasteiger partial charge in [0.15, 0.2) is 0 Å². The van der Waals surface area contributed by atoms with E-state index in [4.69, 9.17) is 20.4 Å². The Morgan fingerprint density at radius 2 is 2.03 bits per heavy atom. The van der Waals surface area contributed by atoms with Crippen LogP contribution in [0.1, 0.15) is 58.8 Å². The molecule has 0 saturated carbocycles. The summed E-state index contributed by atoms with van der Waals surface area (Å²) in [7, 11) is 0. The van der Waals surface area contributed by atoms with Crippen LogP contribution in [0.15, 0.2) is 60.8 Å². The number of nitrogens with two attached hydrogens (primary N) is 1. The number of hydrogen-bond acceptors (Lipinski definition) is 5. The van der Waals surface area contributed by atoms with E-state index in [9.17, 15) is 0 Å². The molecule has 0 amide bonds. The lowest BCUT2D eigenvalue weighted by Gasteiger charge is -2.36. The largest absolute Gasteiger partial charge is 0.367 e. The van der Waals surface area contributed by atoms with Crippen molar-refractivity contribution in [3.05, 3.63) is 94.6 Å². The van der Waals surface area contributed by atoms with Crippen LogP contribution in [0.4, 0.5) is 0 Å². The van der Waals surface area contributed by atoms with E-state index < -0.39 is 0 Å². The Balaban J connectivity index is 1.35. The van der Waals surface area contributed by atoms with Crippen LogP contribution in [-0.2, 0) is 30.9 Å². The number of nitrogens with zero attached hydrogens (tertiary/aromatic N) is 3. The first kappa shape index (κ1) is 20.5. The molecule has 6 heteroatoms. The lowest BCUT2D eigenvalue weighted by molar-refractivity contribution is 0.0172. The van der Waals surface area contributed by atoms with Crippen LogP contribution in [0.5, 0.6) is 0 Å². The summed E-state index contributed by atoms with van der Waals surface area (Å²) >= 11 is 0. The third-order valence-electron chi connectivity index (χ3n) is 7.10. The van der Waals surface area contributed by atoms with Crippen molar-refractivity contribution in [3.8, 4) is 0 Å². The van der Waals surface area contributed by atoms with Crippen LogP contribution in [0.2, 0.25) is 0 Å². The molecule has 2 unspecified atom stereocenters. The summed E-state index contributed by atoms with van der Waals surface area (Å²) in [6, 6.07) is 19.1. The number of aryl methyl sites for hydroxylation is 1. The van der Waals surface area contributed by atoms with Gasteiger partial charge in [-0.05, 0) is 59.7 Å². The zero-order valence-corrected chi connectivity index (χ0v) is 18.7. The van der Waals surface area contributed by atoms with Gasteiger partial charge in [0.25, 0.3) is 0 Å². The molecule has 2 aromatic carbocycles. The van der Waals surface area contributed by atoms with Crippen molar-refractivity contribution in [2.75, 3.05) is 6.54 Å². The van der Waals surface area contributed by atoms with Gasteiger partial charge in [0.05, 0.1) is 42.0 Å². The number of aromatic nitrogens is 3. The number of imidazole rings is 1. The van der Waals surface area contributed by atoms with Crippen LogP contribution in [0.3, 0.4) is 0 Å². The van der Waals surface area contributed by atoms with Crippen molar-refractivity contribution < 1.29 is 4.74 Å². The van der Waals surface area contributed by atoms with Crippen LogP contribution in [-0.4, -0.2) is 26.4 Å². The molecule has 0 bridgehead atoms. The average Bonchev–Trinajstić information content (AvgIpc) is 3.47. The molecule has 2 atom stereocenters. The number of benzene rings is 2. The quantitative estimate of drug-likeness (QED) is 0.460. The molecule has 0 spiro atoms. The number of hydrogen-bond donors (Lipinski definition) is 2. The van der Waals surface area contributed by atoms with Crippen molar-refractivity contribution in [1.82, 2.24) is 19.9 Å². The molecule has 6 rings (SSSR count). The SMILES string of the molecule is NCc1cccc2c1COC2CN(Cc1nc2ccccc2[nH]1)C1CCCc2cccnc21. The summed E-state index contributed by atoms with van der Waals surface area (Å²) in [6.07, 6.45) is 5.29. The Kier molecular flexibility index (Phi) is 5.42. The Labute approximate surface area is 193 Å². The highest BCUT2D eigenvalue weighted by Crippen LogP contribution is 2.38. The molecular formula is C27H29N5O. The van der Waals surface area contributed by atoms with E-state index in [0.29, 0.717) is 13.2 Å². The molecule has 0 fully saturated rings. The predicted molar refractivity (Wildman–Crippen MR) is 128 cm³/mol. The van der Waals surface area contributed by atoms with E-state index in [0.717, 1.165) is 42.8 Å². The molecule has 168 valence electrons. The van der Waals surface area contributed by atoms with Gasteiger partial charge < -0.3 is 15.5 Å². The van der Waals surface area contributed by atoms with E-state index in [1.807, 2.05) is 18.3 Å². The maximum absolute atomic E-state index is 6.32. The molecule has 3 N–H and O–H groups in total. The van der Waals surface area contributed by atoms with Gasteiger partial charge in [0.2, 0.25) is 0 Å². The molecule has 0 radical (unpaired) electrons. The maximum Gasteiger partial charge on any atom is 0.121 e. The van der Waals surface area contributed by atoms with Gasteiger partial charge in [-0.2, -0.15) is 0 Å². The van der Waals surface area contributed by atoms with E-state index in [1.54, 1.807) is 0 Å². The molecule has 2 aromatic heterocycles. The van der Waals surface area contributed by atoms with E-state index in [1.165, 1.54) is 34.4 Å². The van der Waals surface area contributed by atoms with Crippen LogP contribution >= 0.6 is 0 Å². The molecule has 2 aliphatic rings. The monoisotopic (exact) mass is 439 g/mol. The van der Waals surface area contributed by atoms with Crippen LogP contribution in [0, 0.1) is 0 Å². The zero-order valence-electron chi connectivity index (χ0n) is 18.7. The third-order valence-corrected chi connectivity index (χ3v) is 7.10. The van der Waals surface area contributed by atoms with Gasteiger partial charge in [0, 0.05) is 19.3 Å². The second kappa shape index (κ2) is 8.71. The molecule has 1 aliphatic carbocycles. The number of para-hydroxylation sites is 2. The minimum Gasteiger partial charge on any atom is -0.367 e. The molecule has 33 heavy (non-hydrogen) atoms. The minimum absolute atomic E-state index is 0.0185. The highest BCUT2D eigenvalue weighted by Gasteiger charge is 2.33. The highest BCUT2D eigenvalue weighted by molar-refractivity contribution is 5.74. The number of pyridine rings is 1. The standard InChI is InChI=1S/C27H29N5O/c28-14-19-7-3-9-20-21(19)17-33-25(20)15-32(16-26-30-22-10-1-2-11-23(22)31-26)24-12-4-6-18-8-5-13-29-27(18)24/h1-3,5,7-11,13,24-25H,4,6,12,14-17,28H2,(H,30,31). The van der Waals surface area contributed by atoms with Crippen LogP contribution in [0.25, 0.3) is 11.0 Å². The summed E-state index contributed by atoms with van der Waals surface area (Å²) in [5, 5.41) is 0. The van der Waals surface area contributed by atoms with Gasteiger partial charge in [0.1, 0.15) is 5.82 Å². The first-order valence-electron chi connectivity index (χ1n) is 11.8. The lowest BCUT2D eigenvalue weighted by Crippen LogP contribution is -2.35. The second-order valence-electron chi connectivity index (χ2n) is 9.07. The van der Waals surface area contributed by atoms with E-state index >= 15 is 0 Å². The summed E-state index contributed by atoms with van der Waals surface area (Å²) in [5.41, 5.74) is 14.3. The van der Waals surface area contributed by atoms with Crippen molar-refractivity contribution in [3.63, 3.8) is 0 Å². The lowest BCUT2D eigenvalue weighted by atomic mass is 9.90. The first-order chi connectivity index (χ1) is 16.3. The number of fused-ring (bicyclic) bond motifs is 3. The average molecular weight is 440 g/mol. The van der Waals surface area contributed by atoms with Gasteiger partial charge in [-0.15, -0.1) is 0 Å². The maximum atomic E-state index is 6.32. The van der Waals surface area contributed by atoms with Gasteiger partial charge in [-0.25, -0.2) is 4.98 Å². The number of H-pyrrole nitrogens is 1. The molecular weight excluding hydrogens is 410 g/mol. The fourth-order valence-electron chi connectivity index (χ4n) is 5.48. The molecule has 1 aliphatic heterocycles. The number of nitrogens with one attached hydrogen (secondary N) is 1. The van der Waals surface area contributed by atoms with Gasteiger partial charge >= 0.3 is 0 Å². The predicted octanol–water partition coefficient (Wildman–Crippen LogP) is 4.57. The normalized spacial score (nSPS) is 19.7. The number of aromatic amines is 1. The molecule has 6 nitrogen and oxygen atoms in total. The summed E-state index contributed by atoms with van der Waals surface area (Å²) in [5.74, 6) is 0.980. The Hall–Kier alpha value is -3.06. The number of rotatable bonds is 6. The highest BCUT2D eigenvalue weighted by atomic mass is 16.5. The Morgan fingerprint density at radius 3 is 2.94 bits per heavy atom. The Bertz CT molecular complexity index is 1250. The van der Waals surface area contributed by atoms with Crippen molar-refractivity contribution in [1.29, 1.82) is 0 Å². The van der Waals surface area contributed by atoms with Gasteiger partial charge in [-0.3, -0.25) is 9.88 Å². The van der Waals surface area contributed by atoms with Crippen LogP contribution < -0.4 is 5.73 Å². The smallest absolute Gasteiger partial charge is 0.121 e. The zero-order chi connectivity index (χ0) is 22.2. The summed E-state index contributed by atoms with van der Waals surface area (Å²) in [6.45, 7) is 2.69. The van der Waals surface area contributed by atoms with Crippen molar-refractivity contribution >= 4 is 11.0 Å². The number of ether oxygens (including phenoxy) is 1.